The molecule has 0 spiro atoms. The second kappa shape index (κ2) is 6.79. The molecule has 1 unspecified atom stereocenters. The number of alkyl halides is 4. The molecule has 1 aromatic heterocycles. The van der Waals surface area contributed by atoms with E-state index in [9.17, 15) is 27.5 Å². The molecule has 0 aliphatic carbocycles. The predicted molar refractivity (Wildman–Crippen MR) is 89.4 cm³/mol. The van der Waals surface area contributed by atoms with Crippen LogP contribution in [0.2, 0.25) is 5.02 Å². The molecule has 0 bridgehead atoms. The lowest BCUT2D eigenvalue weighted by Gasteiger charge is -2.18. The first-order valence-electron chi connectivity index (χ1n) is 7.24. The van der Waals surface area contributed by atoms with Crippen LogP contribution < -0.4 is 4.90 Å². The van der Waals surface area contributed by atoms with Crippen LogP contribution in [0.4, 0.5) is 23.2 Å². The van der Waals surface area contributed by atoms with Crippen molar-refractivity contribution in [1.82, 2.24) is 4.98 Å². The fourth-order valence-corrected chi connectivity index (χ4v) is 3.52. The lowest BCUT2D eigenvalue weighted by Crippen LogP contribution is -2.34. The molecule has 10 heteroatoms. The van der Waals surface area contributed by atoms with Crippen LogP contribution in [0.1, 0.15) is 22.9 Å². The van der Waals surface area contributed by atoms with Gasteiger partial charge in [0.1, 0.15) is 6.10 Å². The van der Waals surface area contributed by atoms with Gasteiger partial charge in [-0.1, -0.05) is 23.7 Å². The van der Waals surface area contributed by atoms with Crippen LogP contribution in [0.3, 0.4) is 0 Å². The molecule has 4 nitrogen and oxygen atoms in total. The number of carbonyl (C=O) groups is 1. The minimum atomic E-state index is -4.04. The van der Waals surface area contributed by atoms with E-state index < -0.39 is 35.5 Å². The number of rotatable bonds is 4. The third-order valence-electron chi connectivity index (χ3n) is 3.94. The Morgan fingerprint density at radius 1 is 1.35 bits per heavy atom. The quantitative estimate of drug-likeness (QED) is 0.697. The Morgan fingerprint density at radius 3 is 2.65 bits per heavy atom. The lowest BCUT2D eigenvalue weighted by atomic mass is 9.98. The highest BCUT2D eigenvalue weighted by molar-refractivity contribution is 9.10. The van der Waals surface area contributed by atoms with Crippen molar-refractivity contribution >= 4 is 39.1 Å². The number of anilines is 1. The second-order valence-corrected chi connectivity index (χ2v) is 6.86. The van der Waals surface area contributed by atoms with Gasteiger partial charge >= 0.3 is 11.8 Å². The highest BCUT2D eigenvalue weighted by atomic mass is 79.9. The molecule has 26 heavy (non-hydrogen) atoms. The minimum Gasteiger partial charge on any atom is -0.382 e. The number of benzene rings is 1. The van der Waals surface area contributed by atoms with Crippen LogP contribution in [-0.2, 0) is 17.3 Å². The summed E-state index contributed by atoms with van der Waals surface area (Å²) in [4.78, 5) is 17.0. The molecule has 0 saturated carbocycles. The number of halogens is 6. The maximum Gasteiger partial charge on any atom is 0.352 e. The molecule has 2 heterocycles. The summed E-state index contributed by atoms with van der Waals surface area (Å²) in [5, 5.41) is 9.89. The summed E-state index contributed by atoms with van der Waals surface area (Å²) in [6.45, 7) is -0.326. The summed E-state index contributed by atoms with van der Waals surface area (Å²) >= 11 is 8.97. The average molecular weight is 454 g/mol. The van der Waals surface area contributed by atoms with Crippen molar-refractivity contribution in [2.24, 2.45) is 0 Å². The molecule has 1 aliphatic heterocycles. The van der Waals surface area contributed by atoms with Crippen LogP contribution in [0.25, 0.3) is 0 Å². The number of carbonyl (C=O) groups excluding carboxylic acids is 1. The van der Waals surface area contributed by atoms with Gasteiger partial charge in [-0.15, -0.1) is 0 Å². The van der Waals surface area contributed by atoms with Crippen molar-refractivity contribution < 1.29 is 27.5 Å². The number of pyridine rings is 1. The van der Waals surface area contributed by atoms with Crippen molar-refractivity contribution in [2.75, 3.05) is 4.90 Å². The van der Waals surface area contributed by atoms with Crippen molar-refractivity contribution in [3.05, 3.63) is 56.8 Å². The van der Waals surface area contributed by atoms with Gasteiger partial charge in [0.2, 0.25) is 0 Å². The monoisotopic (exact) mass is 452 g/mol. The van der Waals surface area contributed by atoms with E-state index in [1.165, 1.54) is 24.4 Å². The van der Waals surface area contributed by atoms with Crippen molar-refractivity contribution in [1.29, 1.82) is 0 Å². The van der Waals surface area contributed by atoms with Gasteiger partial charge in [0.05, 0.1) is 28.5 Å². The Balaban J connectivity index is 2.09. The molecule has 0 saturated heterocycles. The Morgan fingerprint density at radius 2 is 2.04 bits per heavy atom. The first kappa shape index (κ1) is 19.1. The van der Waals surface area contributed by atoms with E-state index >= 15 is 0 Å². The fraction of sp³-hybridized carbons (Fsp3) is 0.250. The molecule has 2 aromatic rings. The second-order valence-electron chi connectivity index (χ2n) is 5.57. The summed E-state index contributed by atoms with van der Waals surface area (Å²) in [7, 11) is 0. The Labute approximate surface area is 158 Å². The van der Waals surface area contributed by atoms with Gasteiger partial charge in [0.15, 0.2) is 0 Å². The maximum atomic E-state index is 14.5. The molecule has 0 fully saturated rings. The predicted octanol–water partition coefficient (Wildman–Crippen LogP) is 4.43. The normalized spacial score (nSPS) is 16.9. The van der Waals surface area contributed by atoms with E-state index in [0.717, 1.165) is 11.0 Å². The number of amides is 1. The summed E-state index contributed by atoms with van der Waals surface area (Å²) in [6, 6.07) is 4.88. The highest BCUT2D eigenvalue weighted by Gasteiger charge is 2.55. The van der Waals surface area contributed by atoms with E-state index in [0.29, 0.717) is 9.50 Å². The molecule has 1 aromatic carbocycles. The smallest absolute Gasteiger partial charge is 0.352 e. The first-order chi connectivity index (χ1) is 12.1. The fourth-order valence-electron chi connectivity index (χ4n) is 2.76. The Bertz CT molecular complexity index is 881. The molecule has 138 valence electrons. The van der Waals surface area contributed by atoms with E-state index in [-0.39, 0.29) is 17.9 Å². The summed E-state index contributed by atoms with van der Waals surface area (Å²) < 4.78 is 55.2. The number of hydrogen-bond acceptors (Lipinski definition) is 3. The van der Waals surface area contributed by atoms with Gasteiger partial charge in [-0.25, -0.2) is 8.78 Å². The molecular formula is C16H10BrClF4N2O2. The zero-order valence-corrected chi connectivity index (χ0v) is 15.1. The highest BCUT2D eigenvalue weighted by Crippen LogP contribution is 2.48. The molecule has 1 amide bonds. The number of aromatic nitrogens is 1. The molecular weight excluding hydrogens is 444 g/mol. The Kier molecular flexibility index (Phi) is 4.98. The number of hydrogen-bond donors (Lipinski definition) is 1. The van der Waals surface area contributed by atoms with Gasteiger partial charge in [-0.2, -0.15) is 8.78 Å². The van der Waals surface area contributed by atoms with Gasteiger partial charge in [-0.05, 0) is 33.6 Å². The van der Waals surface area contributed by atoms with Gasteiger partial charge < -0.3 is 10.0 Å². The standard InChI is InChI=1S/C16H10BrClF4N2O2/c17-9-4-7(18)5-23-10(9)6-24-11-3-1-2-8(13(25)14(19)20)12(11)16(21,22)15(24)26/h1-5,13-14,25H,6H2. The van der Waals surface area contributed by atoms with Gasteiger partial charge in [-0.3, -0.25) is 9.78 Å². The zero-order chi connectivity index (χ0) is 19.2. The van der Waals surface area contributed by atoms with Crippen LogP contribution in [0, 0.1) is 0 Å². The molecule has 1 aliphatic rings. The SMILES string of the molecule is O=C1N(Cc2ncc(Cl)cc2Br)c2cccc(C(O)C(F)F)c2C1(F)F. The van der Waals surface area contributed by atoms with Gasteiger partial charge in [0, 0.05) is 10.7 Å². The third-order valence-corrected chi connectivity index (χ3v) is 4.84. The Hall–Kier alpha value is -1.71. The zero-order valence-electron chi connectivity index (χ0n) is 12.8. The van der Waals surface area contributed by atoms with Crippen LogP contribution in [0.5, 0.6) is 0 Å². The number of aliphatic hydroxyl groups is 1. The number of nitrogens with zero attached hydrogens (tertiary/aromatic N) is 2. The average Bonchev–Trinajstić information content (AvgIpc) is 2.77. The van der Waals surface area contributed by atoms with E-state index in [2.05, 4.69) is 20.9 Å². The van der Waals surface area contributed by atoms with Crippen LogP contribution in [-0.4, -0.2) is 22.4 Å². The molecule has 0 radical (unpaired) electrons. The summed E-state index contributed by atoms with van der Waals surface area (Å²) in [5.41, 5.74) is -1.59. The lowest BCUT2D eigenvalue weighted by molar-refractivity contribution is -0.142. The first-order valence-corrected chi connectivity index (χ1v) is 8.41. The van der Waals surface area contributed by atoms with Crippen LogP contribution in [0.15, 0.2) is 34.9 Å². The molecule has 1 N–H and O–H groups in total. The number of aliphatic hydroxyl groups excluding tert-OH is 1. The summed E-state index contributed by atoms with van der Waals surface area (Å²) in [5.74, 6) is -5.62. The van der Waals surface area contributed by atoms with Crippen molar-refractivity contribution in [3.63, 3.8) is 0 Å². The van der Waals surface area contributed by atoms with Crippen LogP contribution >= 0.6 is 27.5 Å². The summed E-state index contributed by atoms with van der Waals surface area (Å²) in [6.07, 6.45) is -4.41. The molecule has 1 atom stereocenters. The minimum absolute atomic E-state index is 0.249. The van der Waals surface area contributed by atoms with Gasteiger partial charge in [0.25, 0.3) is 6.43 Å². The third kappa shape index (κ3) is 3.08. The van der Waals surface area contributed by atoms with E-state index in [1.54, 1.807) is 0 Å². The topological polar surface area (TPSA) is 53.4 Å². The van der Waals surface area contributed by atoms with E-state index in [1.807, 2.05) is 0 Å². The maximum absolute atomic E-state index is 14.5. The largest absolute Gasteiger partial charge is 0.382 e. The number of fused-ring (bicyclic) bond motifs is 1. The van der Waals surface area contributed by atoms with Crippen molar-refractivity contribution in [3.8, 4) is 0 Å². The van der Waals surface area contributed by atoms with E-state index in [4.69, 9.17) is 11.6 Å². The van der Waals surface area contributed by atoms with Crippen molar-refractivity contribution in [2.45, 2.75) is 25.0 Å². The molecule has 3 rings (SSSR count).